The van der Waals surface area contributed by atoms with Crippen LogP contribution in [-0.2, 0) is 7.05 Å². The van der Waals surface area contributed by atoms with Crippen molar-refractivity contribution in [2.75, 3.05) is 0 Å². The zero-order chi connectivity index (χ0) is 16.7. The van der Waals surface area contributed by atoms with Crippen molar-refractivity contribution in [3.63, 3.8) is 0 Å². The minimum Gasteiger partial charge on any atom is -0.318 e. The normalized spacial score (nSPS) is 11.1. The van der Waals surface area contributed by atoms with Crippen molar-refractivity contribution >= 4 is 5.52 Å². The molecule has 3 heterocycles. The third-order valence-electron chi connectivity index (χ3n) is 3.94. The van der Waals surface area contributed by atoms with Gasteiger partial charge < -0.3 is 4.57 Å². The molecule has 3 aromatic heterocycles. The predicted octanol–water partition coefficient (Wildman–Crippen LogP) is 2.90. The van der Waals surface area contributed by atoms with Crippen LogP contribution in [-0.4, -0.2) is 19.2 Å². The molecule has 0 aliphatic rings. The summed E-state index contributed by atoms with van der Waals surface area (Å²) in [5.41, 5.74) is 3.07. The summed E-state index contributed by atoms with van der Waals surface area (Å²) in [6.45, 7) is 0. The molecule has 0 aliphatic heterocycles. The highest BCUT2D eigenvalue weighted by molar-refractivity contribution is 5.91. The van der Waals surface area contributed by atoms with Gasteiger partial charge in [0.05, 0.1) is 11.7 Å². The van der Waals surface area contributed by atoms with Gasteiger partial charge in [0, 0.05) is 48.4 Å². The largest absolute Gasteiger partial charge is 0.318 e. The van der Waals surface area contributed by atoms with Crippen molar-refractivity contribution < 1.29 is 4.39 Å². The molecular weight excluding hydrogens is 307 g/mol. The van der Waals surface area contributed by atoms with Crippen molar-refractivity contribution in [3.05, 3.63) is 77.4 Å². The van der Waals surface area contributed by atoms with Gasteiger partial charge >= 0.3 is 0 Å². The molecule has 4 aromatic rings. The Balaban J connectivity index is 2.09. The fourth-order valence-electron chi connectivity index (χ4n) is 2.77. The lowest BCUT2D eigenvalue weighted by atomic mass is 10.0. The quantitative estimate of drug-likeness (QED) is 0.571. The van der Waals surface area contributed by atoms with Gasteiger partial charge in [-0.2, -0.15) is 5.10 Å². The lowest BCUT2D eigenvalue weighted by molar-refractivity contribution is 0.630. The highest BCUT2D eigenvalue weighted by Crippen LogP contribution is 2.35. The molecule has 0 saturated heterocycles. The summed E-state index contributed by atoms with van der Waals surface area (Å²) in [7, 11) is 1.68. The first-order valence-electron chi connectivity index (χ1n) is 7.39. The maximum atomic E-state index is 14.3. The van der Waals surface area contributed by atoms with Crippen molar-refractivity contribution in [1.82, 2.24) is 19.2 Å². The monoisotopic (exact) mass is 320 g/mol. The lowest BCUT2D eigenvalue weighted by Crippen LogP contribution is -2.13. The molecule has 0 spiro atoms. The van der Waals surface area contributed by atoms with Crippen LogP contribution in [0.25, 0.3) is 27.9 Å². The SMILES string of the molecule is Cn1cc(-c2c(-c3ccccc3F)nn3ccncc23)ccc1=O. The molecular formula is C18H13FN4O. The number of benzene rings is 1. The van der Waals surface area contributed by atoms with Gasteiger partial charge in [-0.25, -0.2) is 8.91 Å². The second-order valence-electron chi connectivity index (χ2n) is 5.48. The van der Waals surface area contributed by atoms with Crippen LogP contribution in [0.15, 0.2) is 66.0 Å². The summed E-state index contributed by atoms with van der Waals surface area (Å²) in [5, 5.41) is 4.52. The van der Waals surface area contributed by atoms with Crippen molar-refractivity contribution in [2.24, 2.45) is 7.05 Å². The standard InChI is InChI=1S/C18H13FN4O/c1-22-11-12(6-7-16(22)24)17-15-10-20-8-9-23(15)21-18(17)13-4-2-3-5-14(13)19/h2-11H,1H3. The van der Waals surface area contributed by atoms with E-state index in [2.05, 4.69) is 10.1 Å². The third kappa shape index (κ3) is 2.20. The average molecular weight is 320 g/mol. The molecule has 4 rings (SSSR count). The van der Waals surface area contributed by atoms with E-state index >= 15 is 0 Å². The van der Waals surface area contributed by atoms with Crippen molar-refractivity contribution in [3.8, 4) is 22.4 Å². The second kappa shape index (κ2) is 5.42. The zero-order valence-corrected chi connectivity index (χ0v) is 12.8. The molecule has 0 saturated carbocycles. The molecule has 0 atom stereocenters. The Bertz CT molecular complexity index is 1110. The van der Waals surface area contributed by atoms with Gasteiger partial charge in [0.15, 0.2) is 0 Å². The first-order chi connectivity index (χ1) is 11.6. The molecule has 0 fully saturated rings. The van der Waals surface area contributed by atoms with Gasteiger partial charge in [0.2, 0.25) is 5.56 Å². The molecule has 0 radical (unpaired) electrons. The van der Waals surface area contributed by atoms with Crippen molar-refractivity contribution in [2.45, 2.75) is 0 Å². The summed E-state index contributed by atoms with van der Waals surface area (Å²) in [5.74, 6) is -0.347. The molecule has 118 valence electrons. The number of halogens is 1. The van der Waals surface area contributed by atoms with Crippen molar-refractivity contribution in [1.29, 1.82) is 0 Å². The lowest BCUT2D eigenvalue weighted by Gasteiger charge is -2.06. The van der Waals surface area contributed by atoms with E-state index in [9.17, 15) is 9.18 Å². The van der Waals surface area contributed by atoms with Gasteiger partial charge in [-0.1, -0.05) is 12.1 Å². The summed E-state index contributed by atoms with van der Waals surface area (Å²) >= 11 is 0. The van der Waals surface area contributed by atoms with Crippen LogP contribution in [0.2, 0.25) is 0 Å². The Morgan fingerprint density at radius 1 is 1.12 bits per heavy atom. The first kappa shape index (κ1) is 14.3. The van der Waals surface area contributed by atoms with Crippen LogP contribution >= 0.6 is 0 Å². The molecule has 6 heteroatoms. The van der Waals surface area contributed by atoms with Crippen LogP contribution in [0.4, 0.5) is 4.39 Å². The first-order valence-corrected chi connectivity index (χ1v) is 7.39. The molecule has 1 aromatic carbocycles. The van der Waals surface area contributed by atoms with Crippen LogP contribution in [0, 0.1) is 5.82 Å². The summed E-state index contributed by atoms with van der Waals surface area (Å²) in [6.07, 6.45) is 6.73. The number of nitrogens with zero attached hydrogens (tertiary/aromatic N) is 4. The molecule has 0 bridgehead atoms. The van der Waals surface area contributed by atoms with Crippen LogP contribution in [0.3, 0.4) is 0 Å². The van der Waals surface area contributed by atoms with Gasteiger partial charge in [0.25, 0.3) is 0 Å². The highest BCUT2D eigenvalue weighted by atomic mass is 19.1. The molecule has 0 unspecified atom stereocenters. The Morgan fingerprint density at radius 2 is 1.96 bits per heavy atom. The zero-order valence-electron chi connectivity index (χ0n) is 12.8. The molecule has 0 N–H and O–H groups in total. The molecule has 24 heavy (non-hydrogen) atoms. The third-order valence-corrected chi connectivity index (χ3v) is 3.94. The molecule has 0 amide bonds. The molecule has 5 nitrogen and oxygen atoms in total. The van der Waals surface area contributed by atoms with Crippen LogP contribution < -0.4 is 5.56 Å². The van der Waals surface area contributed by atoms with Crippen LogP contribution in [0.1, 0.15) is 0 Å². The maximum absolute atomic E-state index is 14.3. The molecule has 0 aliphatic carbocycles. The van der Waals surface area contributed by atoms with E-state index in [1.165, 1.54) is 16.7 Å². The van der Waals surface area contributed by atoms with E-state index in [1.807, 2.05) is 0 Å². The van der Waals surface area contributed by atoms with Gasteiger partial charge in [-0.15, -0.1) is 0 Å². The Kier molecular flexibility index (Phi) is 3.23. The van der Waals surface area contributed by atoms with E-state index in [4.69, 9.17) is 0 Å². The second-order valence-corrected chi connectivity index (χ2v) is 5.48. The van der Waals surface area contributed by atoms with E-state index in [-0.39, 0.29) is 11.4 Å². The summed E-state index contributed by atoms with van der Waals surface area (Å²) in [6, 6.07) is 9.71. The number of hydrogen-bond donors (Lipinski definition) is 0. The predicted molar refractivity (Wildman–Crippen MR) is 89.1 cm³/mol. The number of rotatable bonds is 2. The smallest absolute Gasteiger partial charge is 0.250 e. The van der Waals surface area contributed by atoms with E-state index < -0.39 is 0 Å². The summed E-state index contributed by atoms with van der Waals surface area (Å²) in [4.78, 5) is 15.8. The van der Waals surface area contributed by atoms with E-state index in [1.54, 1.807) is 60.6 Å². The fourth-order valence-corrected chi connectivity index (χ4v) is 2.77. The number of aromatic nitrogens is 4. The minimum absolute atomic E-state index is 0.110. The van der Waals surface area contributed by atoms with Gasteiger partial charge in [-0.05, 0) is 18.2 Å². The number of pyridine rings is 1. The Morgan fingerprint density at radius 3 is 2.75 bits per heavy atom. The van der Waals surface area contributed by atoms with Gasteiger partial charge in [-0.3, -0.25) is 9.78 Å². The maximum Gasteiger partial charge on any atom is 0.250 e. The van der Waals surface area contributed by atoms with Crippen LogP contribution in [0.5, 0.6) is 0 Å². The Labute approximate surface area is 136 Å². The van der Waals surface area contributed by atoms with E-state index in [0.717, 1.165) is 16.6 Å². The van der Waals surface area contributed by atoms with Gasteiger partial charge in [0.1, 0.15) is 11.5 Å². The number of hydrogen-bond acceptors (Lipinski definition) is 3. The Hall–Kier alpha value is -3.28. The number of fused-ring (bicyclic) bond motifs is 1. The summed E-state index contributed by atoms with van der Waals surface area (Å²) < 4.78 is 17.5. The highest BCUT2D eigenvalue weighted by Gasteiger charge is 2.19. The van der Waals surface area contributed by atoms with E-state index in [0.29, 0.717) is 11.3 Å². The minimum atomic E-state index is -0.347. The number of aryl methyl sites for hydroxylation is 1. The fraction of sp³-hybridized carbons (Fsp3) is 0.0556. The average Bonchev–Trinajstić information content (AvgIpc) is 2.97. The topological polar surface area (TPSA) is 52.2 Å².